The Labute approximate surface area is 120 Å². The highest BCUT2D eigenvalue weighted by Gasteiger charge is 2.39. The van der Waals surface area contributed by atoms with Crippen molar-refractivity contribution in [3.05, 3.63) is 50.4 Å². The van der Waals surface area contributed by atoms with Crippen molar-refractivity contribution >= 4 is 28.9 Å². The Bertz CT molecular complexity index is 654. The van der Waals surface area contributed by atoms with Gasteiger partial charge < -0.3 is 5.11 Å². The van der Waals surface area contributed by atoms with Gasteiger partial charge in [-0.3, -0.25) is 0 Å². The summed E-state index contributed by atoms with van der Waals surface area (Å²) in [4.78, 5) is 13.4. The van der Waals surface area contributed by atoms with E-state index in [1.807, 2.05) is 0 Å². The van der Waals surface area contributed by atoms with Crippen molar-refractivity contribution in [3.8, 4) is 0 Å². The maximum absolute atomic E-state index is 12.7. The molecule has 2 aromatic rings. The number of aromatic nitrogens is 1. The molecule has 1 aromatic carbocycles. The van der Waals surface area contributed by atoms with Crippen molar-refractivity contribution in [2.45, 2.75) is 12.6 Å². The molecule has 1 aromatic heterocycles. The lowest BCUT2D eigenvalue weighted by molar-refractivity contribution is -0.141. The van der Waals surface area contributed by atoms with E-state index >= 15 is 0 Å². The summed E-state index contributed by atoms with van der Waals surface area (Å²) >= 11 is 6.30. The van der Waals surface area contributed by atoms with Gasteiger partial charge in [-0.1, -0.05) is 23.7 Å². The predicted octanol–water partition coefficient (Wildman–Crippen LogP) is 4.10. The van der Waals surface area contributed by atoms with Crippen molar-refractivity contribution < 1.29 is 23.1 Å². The molecule has 0 bridgehead atoms. The molecule has 0 atom stereocenters. The van der Waals surface area contributed by atoms with E-state index < -0.39 is 22.7 Å². The summed E-state index contributed by atoms with van der Waals surface area (Å²) in [6, 6.07) is 6.57. The quantitative estimate of drug-likeness (QED) is 0.925. The zero-order valence-corrected chi connectivity index (χ0v) is 11.3. The zero-order valence-electron chi connectivity index (χ0n) is 9.74. The van der Waals surface area contributed by atoms with Gasteiger partial charge in [0.15, 0.2) is 5.69 Å². The van der Waals surface area contributed by atoms with Gasteiger partial charge >= 0.3 is 12.1 Å². The van der Waals surface area contributed by atoms with E-state index in [0.29, 0.717) is 21.9 Å². The Morgan fingerprint density at radius 3 is 2.60 bits per heavy atom. The first-order valence-electron chi connectivity index (χ1n) is 5.32. The molecule has 106 valence electrons. The van der Waals surface area contributed by atoms with Gasteiger partial charge in [0.1, 0.15) is 4.88 Å². The summed E-state index contributed by atoms with van der Waals surface area (Å²) in [5.41, 5.74) is -0.691. The van der Waals surface area contributed by atoms with Crippen LogP contribution in [0, 0.1) is 0 Å². The molecule has 2 rings (SSSR count). The molecule has 0 aliphatic rings. The van der Waals surface area contributed by atoms with E-state index in [-0.39, 0.29) is 11.4 Å². The van der Waals surface area contributed by atoms with E-state index in [4.69, 9.17) is 16.7 Å². The fourth-order valence-electron chi connectivity index (χ4n) is 1.60. The van der Waals surface area contributed by atoms with Crippen LogP contribution in [0.4, 0.5) is 13.2 Å². The molecule has 0 aliphatic heterocycles. The van der Waals surface area contributed by atoms with E-state index in [1.165, 1.54) is 0 Å². The zero-order chi connectivity index (χ0) is 14.9. The number of aromatic carboxylic acids is 1. The molecule has 0 saturated carbocycles. The van der Waals surface area contributed by atoms with Gasteiger partial charge in [0.2, 0.25) is 0 Å². The smallest absolute Gasteiger partial charge is 0.435 e. The number of halogens is 4. The highest BCUT2D eigenvalue weighted by Crippen LogP contribution is 2.35. The highest BCUT2D eigenvalue weighted by atomic mass is 35.5. The van der Waals surface area contributed by atoms with Crippen LogP contribution in [0.15, 0.2) is 24.3 Å². The number of nitrogens with zero attached hydrogens (tertiary/aromatic N) is 1. The molecule has 0 spiro atoms. The minimum Gasteiger partial charge on any atom is -0.477 e. The first-order valence-corrected chi connectivity index (χ1v) is 6.51. The lowest BCUT2D eigenvalue weighted by Crippen LogP contribution is -2.11. The van der Waals surface area contributed by atoms with Crippen molar-refractivity contribution in [2.75, 3.05) is 0 Å². The molecule has 8 heteroatoms. The molecule has 0 amide bonds. The van der Waals surface area contributed by atoms with Crippen LogP contribution >= 0.6 is 22.9 Å². The van der Waals surface area contributed by atoms with Gasteiger partial charge in [-0.2, -0.15) is 13.2 Å². The Hall–Kier alpha value is -1.60. The van der Waals surface area contributed by atoms with Crippen LogP contribution in [-0.2, 0) is 12.6 Å². The largest absolute Gasteiger partial charge is 0.477 e. The molecular weight excluding hydrogens is 315 g/mol. The second-order valence-electron chi connectivity index (χ2n) is 3.89. The molecule has 0 aliphatic carbocycles. The number of benzene rings is 1. The summed E-state index contributed by atoms with van der Waals surface area (Å²) in [5, 5.41) is 9.33. The van der Waals surface area contributed by atoms with Gasteiger partial charge in [-0.05, 0) is 17.7 Å². The molecule has 1 N–H and O–H groups in total. The molecular formula is C12H7ClF3NO2S. The van der Waals surface area contributed by atoms with Crippen molar-refractivity contribution in [1.82, 2.24) is 4.98 Å². The number of hydrogen-bond donors (Lipinski definition) is 1. The normalized spacial score (nSPS) is 11.6. The SMILES string of the molecule is O=C(O)c1sc(Cc2cccc(Cl)c2)nc1C(F)(F)F. The maximum Gasteiger partial charge on any atom is 0.435 e. The van der Waals surface area contributed by atoms with Gasteiger partial charge in [0.05, 0.1) is 5.01 Å². The van der Waals surface area contributed by atoms with Crippen LogP contribution in [0.2, 0.25) is 5.02 Å². The lowest BCUT2D eigenvalue weighted by atomic mass is 10.2. The van der Waals surface area contributed by atoms with Crippen LogP contribution < -0.4 is 0 Å². The molecule has 0 radical (unpaired) electrons. The van der Waals surface area contributed by atoms with Gasteiger partial charge in [0.25, 0.3) is 0 Å². The summed E-state index contributed by atoms with van der Waals surface area (Å²) in [5.74, 6) is -1.63. The van der Waals surface area contributed by atoms with Crippen LogP contribution in [0.1, 0.15) is 25.9 Å². The predicted molar refractivity (Wildman–Crippen MR) is 68.3 cm³/mol. The molecule has 0 fully saturated rings. The fourth-order valence-corrected chi connectivity index (χ4v) is 2.77. The Morgan fingerprint density at radius 1 is 1.40 bits per heavy atom. The lowest BCUT2D eigenvalue weighted by Gasteiger charge is -2.02. The first kappa shape index (κ1) is 14.8. The number of hydrogen-bond acceptors (Lipinski definition) is 3. The molecule has 3 nitrogen and oxygen atoms in total. The summed E-state index contributed by atoms with van der Waals surface area (Å²) in [6.45, 7) is 0. The molecule has 0 saturated heterocycles. The monoisotopic (exact) mass is 321 g/mol. The van der Waals surface area contributed by atoms with Crippen molar-refractivity contribution in [2.24, 2.45) is 0 Å². The average Bonchev–Trinajstić information content (AvgIpc) is 2.73. The van der Waals surface area contributed by atoms with E-state index in [9.17, 15) is 18.0 Å². The minimum atomic E-state index is -4.78. The first-order chi connectivity index (χ1) is 9.27. The van der Waals surface area contributed by atoms with Crippen molar-refractivity contribution in [1.29, 1.82) is 0 Å². The van der Waals surface area contributed by atoms with Gasteiger partial charge in [-0.15, -0.1) is 11.3 Å². The third kappa shape index (κ3) is 3.29. The van der Waals surface area contributed by atoms with Crippen molar-refractivity contribution in [3.63, 3.8) is 0 Å². The standard InChI is InChI=1S/C12H7ClF3NO2S/c13-7-3-1-2-6(4-7)5-8-17-10(12(14,15)16)9(20-8)11(18)19/h1-4H,5H2,(H,18,19). The second kappa shape index (κ2) is 5.41. The molecule has 1 heterocycles. The van der Waals surface area contributed by atoms with Crippen LogP contribution in [0.25, 0.3) is 0 Å². The number of rotatable bonds is 3. The van der Waals surface area contributed by atoms with E-state index in [0.717, 1.165) is 0 Å². The van der Waals surface area contributed by atoms with Crippen LogP contribution in [0.3, 0.4) is 0 Å². The third-order valence-electron chi connectivity index (χ3n) is 2.38. The van der Waals surface area contributed by atoms with Gasteiger partial charge in [0, 0.05) is 11.4 Å². The van der Waals surface area contributed by atoms with E-state index in [2.05, 4.69) is 4.98 Å². The Morgan fingerprint density at radius 2 is 2.10 bits per heavy atom. The molecule has 0 unspecified atom stereocenters. The van der Waals surface area contributed by atoms with Gasteiger partial charge in [-0.25, -0.2) is 9.78 Å². The minimum absolute atomic E-state index is 0.0805. The summed E-state index contributed by atoms with van der Waals surface area (Å²) in [6.07, 6.45) is -4.68. The number of alkyl halides is 3. The van der Waals surface area contributed by atoms with Crippen LogP contribution in [0.5, 0.6) is 0 Å². The summed E-state index contributed by atoms with van der Waals surface area (Å²) in [7, 11) is 0. The molecule has 20 heavy (non-hydrogen) atoms. The Kier molecular flexibility index (Phi) is 4.01. The fraction of sp³-hybridized carbons (Fsp3) is 0.167. The maximum atomic E-state index is 12.7. The summed E-state index contributed by atoms with van der Waals surface area (Å²) < 4.78 is 38.1. The van der Waals surface area contributed by atoms with E-state index in [1.54, 1.807) is 24.3 Å². The second-order valence-corrected chi connectivity index (χ2v) is 5.42. The number of carbonyl (C=O) groups is 1. The highest BCUT2D eigenvalue weighted by molar-refractivity contribution is 7.13. The number of carboxylic acid groups (broad SMARTS) is 1. The van der Waals surface area contributed by atoms with Crippen LogP contribution in [-0.4, -0.2) is 16.1 Å². The number of thiazole rings is 1. The Balaban J connectivity index is 2.37. The third-order valence-corrected chi connectivity index (χ3v) is 3.66. The average molecular weight is 322 g/mol. The topological polar surface area (TPSA) is 50.2 Å². The number of carboxylic acids is 1.